The molecular weight excluding hydrogens is 396 g/mol. The van der Waals surface area contributed by atoms with E-state index in [2.05, 4.69) is 52.8 Å². The second-order valence-electron chi connectivity index (χ2n) is 10.3. The van der Waals surface area contributed by atoms with Gasteiger partial charge in [0, 0.05) is 0 Å². The first-order chi connectivity index (χ1) is 16.2. The molecule has 0 spiro atoms. The van der Waals surface area contributed by atoms with Crippen molar-refractivity contribution in [2.45, 2.75) is 137 Å². The van der Waals surface area contributed by atoms with Gasteiger partial charge in [-0.25, -0.2) is 0 Å². The molecule has 0 aliphatic heterocycles. The van der Waals surface area contributed by atoms with Crippen molar-refractivity contribution in [3.63, 3.8) is 0 Å². The van der Waals surface area contributed by atoms with Gasteiger partial charge in [0.25, 0.3) is 0 Å². The molecule has 0 unspecified atom stereocenters. The predicted octanol–water partition coefficient (Wildman–Crippen LogP) is 9.77. The number of unbranched alkanes of at least 4 members (excludes halogenated alkanes) is 5. The summed E-state index contributed by atoms with van der Waals surface area (Å²) < 4.78 is 0. The lowest BCUT2D eigenvalue weighted by Gasteiger charge is -2.22. The zero-order valence-electron chi connectivity index (χ0n) is 22.5. The summed E-state index contributed by atoms with van der Waals surface area (Å²) in [4.78, 5) is 0. The normalized spacial score (nSPS) is 12.3. The minimum atomic E-state index is 1.10. The van der Waals surface area contributed by atoms with E-state index < -0.39 is 0 Å². The second kappa shape index (κ2) is 13.4. The third-order valence-corrected chi connectivity index (χ3v) is 7.67. The monoisotopic (exact) mass is 445 g/mol. The molecular formula is C33H49. The maximum atomic E-state index is 4.05. The molecule has 0 aromatic heterocycles. The van der Waals surface area contributed by atoms with E-state index in [1.165, 1.54) is 102 Å². The number of benzene rings is 2. The SMILES string of the molecule is CCCCc1[c]c2c(c(CCCC)c1CCCC)-c1c(ccc(CCCC)c1CCCC)C2. The standard InChI is InChI=1S/C33H49/c1-6-11-16-25-21-22-27-24-28-23-26(17-12-7-2)29(18-13-8-3)31(20-15-10-5)33(28)32(27)30(25)19-14-9-4/h21-22H,6-20,24H2,1-5H3. The van der Waals surface area contributed by atoms with E-state index in [0.717, 1.165) is 6.42 Å². The van der Waals surface area contributed by atoms with Crippen LogP contribution in [0.2, 0.25) is 0 Å². The van der Waals surface area contributed by atoms with Crippen molar-refractivity contribution < 1.29 is 0 Å². The van der Waals surface area contributed by atoms with Crippen LogP contribution in [0.25, 0.3) is 11.1 Å². The Morgan fingerprint density at radius 1 is 0.576 bits per heavy atom. The van der Waals surface area contributed by atoms with Crippen molar-refractivity contribution in [2.75, 3.05) is 0 Å². The van der Waals surface area contributed by atoms with Crippen LogP contribution in [0.5, 0.6) is 0 Å². The Morgan fingerprint density at radius 2 is 1.12 bits per heavy atom. The molecule has 0 heteroatoms. The van der Waals surface area contributed by atoms with Crippen LogP contribution in [0.1, 0.15) is 138 Å². The number of rotatable bonds is 15. The molecule has 0 saturated heterocycles. The van der Waals surface area contributed by atoms with Crippen LogP contribution in [0.3, 0.4) is 0 Å². The fraction of sp³-hybridized carbons (Fsp3) is 0.636. The van der Waals surface area contributed by atoms with Gasteiger partial charge >= 0.3 is 0 Å². The topological polar surface area (TPSA) is 0 Å². The van der Waals surface area contributed by atoms with Gasteiger partial charge in [-0.15, -0.1) is 0 Å². The van der Waals surface area contributed by atoms with Gasteiger partial charge < -0.3 is 0 Å². The van der Waals surface area contributed by atoms with Crippen molar-refractivity contribution >= 4 is 0 Å². The lowest BCUT2D eigenvalue weighted by molar-refractivity contribution is 0.734. The van der Waals surface area contributed by atoms with E-state index in [-0.39, 0.29) is 0 Å². The highest BCUT2D eigenvalue weighted by molar-refractivity contribution is 5.84. The summed E-state index contributed by atoms with van der Waals surface area (Å²) in [6.07, 6.45) is 20.2. The summed E-state index contributed by atoms with van der Waals surface area (Å²) in [5.41, 5.74) is 14.7. The molecule has 1 radical (unpaired) electrons. The van der Waals surface area contributed by atoms with Crippen LogP contribution in [-0.2, 0) is 38.5 Å². The fourth-order valence-corrected chi connectivity index (χ4v) is 5.75. The molecule has 0 amide bonds. The van der Waals surface area contributed by atoms with Gasteiger partial charge in [-0.05, 0) is 127 Å². The third-order valence-electron chi connectivity index (χ3n) is 7.67. The van der Waals surface area contributed by atoms with E-state index in [1.54, 1.807) is 44.5 Å². The number of fused-ring (bicyclic) bond motifs is 3. The Kier molecular flexibility index (Phi) is 10.5. The quantitative estimate of drug-likeness (QED) is 0.218. The predicted molar refractivity (Wildman–Crippen MR) is 147 cm³/mol. The van der Waals surface area contributed by atoms with E-state index in [4.69, 9.17) is 0 Å². The lowest BCUT2D eigenvalue weighted by Crippen LogP contribution is -2.07. The number of aryl methyl sites for hydroxylation is 2. The average molecular weight is 446 g/mol. The summed E-state index contributed by atoms with van der Waals surface area (Å²) >= 11 is 0. The Balaban J connectivity index is 2.22. The minimum absolute atomic E-state index is 1.10. The van der Waals surface area contributed by atoms with Crippen molar-refractivity contribution in [1.29, 1.82) is 0 Å². The molecule has 0 nitrogen and oxygen atoms in total. The second-order valence-corrected chi connectivity index (χ2v) is 10.3. The van der Waals surface area contributed by atoms with Gasteiger partial charge in [0.05, 0.1) is 0 Å². The number of hydrogen-bond acceptors (Lipinski definition) is 0. The first-order valence-corrected chi connectivity index (χ1v) is 14.4. The molecule has 2 aromatic carbocycles. The van der Waals surface area contributed by atoms with Gasteiger partial charge in [-0.1, -0.05) is 78.9 Å². The molecule has 1 aliphatic carbocycles. The van der Waals surface area contributed by atoms with Gasteiger partial charge in [-0.2, -0.15) is 0 Å². The van der Waals surface area contributed by atoms with Crippen LogP contribution in [-0.4, -0.2) is 0 Å². The first-order valence-electron chi connectivity index (χ1n) is 14.4. The van der Waals surface area contributed by atoms with E-state index >= 15 is 0 Å². The smallest absolute Gasteiger partial charge is 0.000696 e. The van der Waals surface area contributed by atoms with Crippen LogP contribution in [0.4, 0.5) is 0 Å². The largest absolute Gasteiger partial charge is 0.0654 e. The highest BCUT2D eigenvalue weighted by Crippen LogP contribution is 2.46. The summed E-state index contributed by atoms with van der Waals surface area (Å²) in [5, 5.41) is 0. The van der Waals surface area contributed by atoms with Gasteiger partial charge in [0.1, 0.15) is 0 Å². The molecule has 33 heavy (non-hydrogen) atoms. The van der Waals surface area contributed by atoms with Gasteiger partial charge in [0.2, 0.25) is 0 Å². The zero-order valence-corrected chi connectivity index (χ0v) is 22.5. The Hall–Kier alpha value is -1.56. The minimum Gasteiger partial charge on any atom is -0.0654 e. The summed E-state index contributed by atoms with van der Waals surface area (Å²) in [5.74, 6) is 0. The Morgan fingerprint density at radius 3 is 1.76 bits per heavy atom. The Labute approximate surface area is 205 Å². The molecule has 0 fully saturated rings. The molecule has 0 atom stereocenters. The molecule has 1 aliphatic rings. The van der Waals surface area contributed by atoms with Crippen molar-refractivity contribution in [1.82, 2.24) is 0 Å². The maximum Gasteiger partial charge on any atom is -0.000696 e. The van der Waals surface area contributed by atoms with E-state index in [1.807, 2.05) is 0 Å². The van der Waals surface area contributed by atoms with Crippen molar-refractivity contribution in [3.05, 3.63) is 57.1 Å². The molecule has 0 N–H and O–H groups in total. The Bertz CT molecular complexity index is 886. The van der Waals surface area contributed by atoms with Crippen LogP contribution >= 0.6 is 0 Å². The average Bonchev–Trinajstić information content (AvgIpc) is 3.20. The van der Waals surface area contributed by atoms with E-state index in [0.29, 0.717) is 0 Å². The van der Waals surface area contributed by atoms with Crippen LogP contribution < -0.4 is 0 Å². The highest BCUT2D eigenvalue weighted by Gasteiger charge is 2.28. The number of hydrogen-bond donors (Lipinski definition) is 0. The summed E-state index contributed by atoms with van der Waals surface area (Å²) in [6, 6.07) is 9.00. The van der Waals surface area contributed by atoms with Crippen molar-refractivity contribution in [2.24, 2.45) is 0 Å². The maximum absolute atomic E-state index is 4.05. The van der Waals surface area contributed by atoms with Crippen molar-refractivity contribution in [3.8, 4) is 11.1 Å². The fourth-order valence-electron chi connectivity index (χ4n) is 5.75. The molecule has 0 heterocycles. The van der Waals surface area contributed by atoms with Crippen LogP contribution in [0, 0.1) is 6.07 Å². The molecule has 0 saturated carbocycles. The van der Waals surface area contributed by atoms with Crippen LogP contribution in [0.15, 0.2) is 12.1 Å². The first kappa shape index (κ1) is 26.1. The molecule has 2 aromatic rings. The third kappa shape index (κ3) is 6.12. The highest BCUT2D eigenvalue weighted by atomic mass is 14.3. The van der Waals surface area contributed by atoms with Gasteiger partial charge in [0.15, 0.2) is 0 Å². The van der Waals surface area contributed by atoms with E-state index in [9.17, 15) is 0 Å². The molecule has 181 valence electrons. The van der Waals surface area contributed by atoms with Gasteiger partial charge in [-0.3, -0.25) is 0 Å². The lowest BCUT2D eigenvalue weighted by atomic mass is 9.82. The molecule has 3 rings (SSSR count). The zero-order chi connectivity index (χ0) is 23.6. The summed E-state index contributed by atoms with van der Waals surface area (Å²) in [6.45, 7) is 11.7. The summed E-state index contributed by atoms with van der Waals surface area (Å²) in [7, 11) is 0. The molecule has 0 bridgehead atoms.